The highest BCUT2D eigenvalue weighted by Crippen LogP contribution is 2.47. The molecule has 0 saturated carbocycles. The molecule has 0 aromatic heterocycles. The van der Waals surface area contributed by atoms with Crippen molar-refractivity contribution in [3.63, 3.8) is 0 Å². The molecule has 0 rings (SSSR count). The van der Waals surface area contributed by atoms with Crippen LogP contribution in [0.15, 0.2) is 0 Å². The van der Waals surface area contributed by atoms with Gasteiger partial charge in [-0.3, -0.25) is 13.6 Å². The van der Waals surface area contributed by atoms with Crippen molar-refractivity contribution in [2.75, 3.05) is 20.8 Å². The molecule has 0 radical (unpaired) electrons. The van der Waals surface area contributed by atoms with Gasteiger partial charge in [0.25, 0.3) is 0 Å². The Bertz CT molecular complexity index is 317. The van der Waals surface area contributed by atoms with Crippen LogP contribution in [-0.4, -0.2) is 32.0 Å². The van der Waals surface area contributed by atoms with Gasteiger partial charge in [-0.2, -0.15) is 0 Å². The van der Waals surface area contributed by atoms with Gasteiger partial charge in [0.2, 0.25) is 0 Å². The van der Waals surface area contributed by atoms with Crippen LogP contribution in [-0.2, 0) is 18.1 Å². The lowest BCUT2D eigenvalue weighted by Gasteiger charge is -2.15. The third kappa shape index (κ3) is 16.0. The summed E-state index contributed by atoms with van der Waals surface area (Å²) < 4.78 is 26.1. The van der Waals surface area contributed by atoms with Crippen LogP contribution in [0.2, 0.25) is 0 Å². The number of hydrogen-bond donors (Lipinski definition) is 1. The summed E-state index contributed by atoms with van der Waals surface area (Å²) >= 11 is 0. The van der Waals surface area contributed by atoms with E-state index in [1.807, 2.05) is 0 Å². The molecule has 0 fully saturated rings. The van der Waals surface area contributed by atoms with E-state index in [0.717, 1.165) is 12.8 Å². The average molecular weight is 381 g/mol. The molecule has 0 aliphatic heterocycles. The Labute approximate surface area is 155 Å². The molecule has 0 aromatic carbocycles. The summed E-state index contributed by atoms with van der Waals surface area (Å²) in [7, 11) is -0.837. The summed E-state index contributed by atoms with van der Waals surface area (Å²) in [6.07, 6.45) is 16.6. The molecule has 0 aromatic rings. The van der Waals surface area contributed by atoms with E-state index in [2.05, 4.69) is 16.0 Å². The molecule has 1 atom stereocenters. The van der Waals surface area contributed by atoms with Crippen LogP contribution < -0.4 is 0 Å². The molecule has 152 valence electrons. The van der Waals surface area contributed by atoms with Gasteiger partial charge in [0.05, 0.1) is 12.7 Å². The van der Waals surface area contributed by atoms with Gasteiger partial charge in [0.1, 0.15) is 0 Å². The minimum absolute atomic E-state index is 0.179. The Morgan fingerprint density at radius 1 is 0.760 bits per heavy atom. The first-order chi connectivity index (χ1) is 12.1. The van der Waals surface area contributed by atoms with Crippen molar-refractivity contribution in [3.8, 4) is 0 Å². The summed E-state index contributed by atoms with van der Waals surface area (Å²) in [4.78, 5) is 0. The van der Waals surface area contributed by atoms with Crippen molar-refractivity contribution in [1.82, 2.24) is 0 Å². The lowest BCUT2D eigenvalue weighted by atomic mass is 10.0. The predicted octanol–water partition coefficient (Wildman–Crippen LogP) is 6.25. The van der Waals surface area contributed by atoms with Crippen LogP contribution in [0.25, 0.3) is 0 Å². The second-order valence-electron chi connectivity index (χ2n) is 6.77. The van der Waals surface area contributed by atoms with E-state index in [-0.39, 0.29) is 6.61 Å². The van der Waals surface area contributed by atoms with Gasteiger partial charge in [-0.1, -0.05) is 84.0 Å². The fourth-order valence-electron chi connectivity index (χ4n) is 2.85. The Kier molecular flexibility index (Phi) is 17.5. The predicted molar refractivity (Wildman–Crippen MR) is 104 cm³/mol. The third-order valence-electron chi connectivity index (χ3n) is 4.54. The number of unbranched alkanes of at least 4 members (excludes halogenated alkanes) is 11. The van der Waals surface area contributed by atoms with Crippen LogP contribution in [0.3, 0.4) is 0 Å². The summed E-state index contributed by atoms with van der Waals surface area (Å²) in [5.74, 6) is 0. The largest absolute Gasteiger partial charge is 0.474 e. The number of aliphatic hydroxyl groups excluding tert-OH is 1. The highest BCUT2D eigenvalue weighted by molar-refractivity contribution is 7.48. The smallest absolute Gasteiger partial charge is 0.393 e. The Hall–Kier alpha value is 0.0700. The molecule has 1 N–H and O–H groups in total. The van der Waals surface area contributed by atoms with Crippen LogP contribution in [0.5, 0.6) is 0 Å². The zero-order valence-corrected chi connectivity index (χ0v) is 17.6. The second-order valence-corrected chi connectivity index (χ2v) is 8.65. The summed E-state index contributed by atoms with van der Waals surface area (Å²) in [5.41, 5.74) is 0. The van der Waals surface area contributed by atoms with Crippen molar-refractivity contribution in [1.29, 1.82) is 0 Å². The number of aliphatic hydroxyl groups is 1. The molecule has 0 amide bonds. The summed E-state index contributed by atoms with van der Waals surface area (Å²) in [6.45, 7) is 2.44. The maximum absolute atomic E-state index is 11.7. The van der Waals surface area contributed by atoms with E-state index in [9.17, 15) is 9.67 Å². The van der Waals surface area contributed by atoms with E-state index in [1.165, 1.54) is 84.8 Å². The number of phosphoric ester groups is 1. The fraction of sp³-hybridized carbons (Fsp3) is 1.00. The highest BCUT2D eigenvalue weighted by atomic mass is 31.2. The Morgan fingerprint density at radius 3 is 1.64 bits per heavy atom. The van der Waals surface area contributed by atoms with Gasteiger partial charge in [-0.05, 0) is 12.8 Å². The number of rotatable bonds is 19. The van der Waals surface area contributed by atoms with Crippen LogP contribution in [0, 0.1) is 0 Å². The topological polar surface area (TPSA) is 65.0 Å². The maximum atomic E-state index is 11.7. The molecule has 0 aliphatic rings. The number of hydrogen-bond acceptors (Lipinski definition) is 5. The molecule has 1 unspecified atom stereocenters. The summed E-state index contributed by atoms with van der Waals surface area (Å²) in [5, 5.41) is 9.90. The SMILES string of the molecule is CCCCCCCCCCCCCCC(O)CCOP(=O)(OC)OC. The zero-order chi connectivity index (χ0) is 18.8. The Balaban J connectivity index is 3.32. The first-order valence-electron chi connectivity index (χ1n) is 10.1. The minimum Gasteiger partial charge on any atom is -0.393 e. The van der Waals surface area contributed by atoms with E-state index >= 15 is 0 Å². The van der Waals surface area contributed by atoms with Gasteiger partial charge < -0.3 is 5.11 Å². The van der Waals surface area contributed by atoms with Gasteiger partial charge in [0.15, 0.2) is 0 Å². The second kappa shape index (κ2) is 17.5. The van der Waals surface area contributed by atoms with Crippen molar-refractivity contribution in [2.24, 2.45) is 0 Å². The van der Waals surface area contributed by atoms with Gasteiger partial charge in [-0.25, -0.2) is 4.57 Å². The first kappa shape index (κ1) is 25.1. The van der Waals surface area contributed by atoms with Crippen LogP contribution >= 0.6 is 7.82 Å². The van der Waals surface area contributed by atoms with Crippen molar-refractivity contribution in [2.45, 2.75) is 103 Å². The molecular formula is C19H41O5P. The van der Waals surface area contributed by atoms with E-state index in [1.54, 1.807) is 0 Å². The van der Waals surface area contributed by atoms with Crippen molar-refractivity contribution >= 4 is 7.82 Å². The van der Waals surface area contributed by atoms with Gasteiger partial charge >= 0.3 is 7.82 Å². The van der Waals surface area contributed by atoms with Crippen LogP contribution in [0.4, 0.5) is 0 Å². The monoisotopic (exact) mass is 380 g/mol. The molecule has 5 nitrogen and oxygen atoms in total. The first-order valence-corrected chi connectivity index (χ1v) is 11.6. The Morgan fingerprint density at radius 2 is 1.20 bits per heavy atom. The molecule has 0 aliphatic carbocycles. The molecule has 0 spiro atoms. The molecule has 25 heavy (non-hydrogen) atoms. The summed E-state index contributed by atoms with van der Waals surface area (Å²) in [6, 6.07) is 0. The third-order valence-corrected chi connectivity index (χ3v) is 5.93. The molecule has 6 heteroatoms. The lowest BCUT2D eigenvalue weighted by molar-refractivity contribution is 0.103. The fourth-order valence-corrected chi connectivity index (χ4v) is 3.53. The maximum Gasteiger partial charge on any atom is 0.474 e. The number of phosphoric acid groups is 1. The van der Waals surface area contributed by atoms with Crippen molar-refractivity contribution in [3.05, 3.63) is 0 Å². The van der Waals surface area contributed by atoms with Crippen molar-refractivity contribution < 1.29 is 23.2 Å². The standard InChI is InChI=1S/C19H41O5P/c1-4-5-6-7-8-9-10-11-12-13-14-15-16-19(20)17-18-24-25(21,22-2)23-3/h19-20H,4-18H2,1-3H3. The zero-order valence-electron chi connectivity index (χ0n) is 16.7. The van der Waals surface area contributed by atoms with Gasteiger partial charge in [-0.15, -0.1) is 0 Å². The lowest BCUT2D eigenvalue weighted by Crippen LogP contribution is -2.10. The molecular weight excluding hydrogens is 339 g/mol. The highest BCUT2D eigenvalue weighted by Gasteiger charge is 2.22. The minimum atomic E-state index is -3.41. The molecule has 0 heterocycles. The van der Waals surface area contributed by atoms with E-state index in [0.29, 0.717) is 6.42 Å². The quantitative estimate of drug-likeness (QED) is 0.212. The van der Waals surface area contributed by atoms with Crippen LogP contribution in [0.1, 0.15) is 96.8 Å². The van der Waals surface area contributed by atoms with E-state index < -0.39 is 13.9 Å². The molecule has 0 saturated heterocycles. The van der Waals surface area contributed by atoms with E-state index in [4.69, 9.17) is 4.52 Å². The normalized spacial score (nSPS) is 13.3. The molecule has 0 bridgehead atoms. The average Bonchev–Trinajstić information content (AvgIpc) is 2.62. The van der Waals surface area contributed by atoms with Gasteiger partial charge in [0, 0.05) is 14.2 Å².